The van der Waals surface area contributed by atoms with Crippen molar-refractivity contribution >= 4 is 16.9 Å². The molecule has 0 fully saturated rings. The van der Waals surface area contributed by atoms with E-state index in [1.807, 2.05) is 6.92 Å². The van der Waals surface area contributed by atoms with Gasteiger partial charge in [0.1, 0.15) is 18.2 Å². The maximum absolute atomic E-state index is 12.1. The molecule has 0 atom stereocenters. The lowest BCUT2D eigenvalue weighted by atomic mass is 10.1. The Labute approximate surface area is 138 Å². The summed E-state index contributed by atoms with van der Waals surface area (Å²) in [6.07, 6.45) is 0. The fourth-order valence-electron chi connectivity index (χ4n) is 2.37. The minimum absolute atomic E-state index is 0.116. The minimum atomic E-state index is -0.510. The Bertz CT molecular complexity index is 963. The van der Waals surface area contributed by atoms with E-state index in [1.165, 1.54) is 0 Å². The van der Waals surface area contributed by atoms with Crippen molar-refractivity contribution in [2.75, 3.05) is 7.11 Å². The summed E-state index contributed by atoms with van der Waals surface area (Å²) in [5.41, 5.74) is 1.60. The number of aromatic amines is 1. The normalized spacial score (nSPS) is 10.6. The molecule has 6 heteroatoms. The molecule has 2 aromatic carbocycles. The van der Waals surface area contributed by atoms with Gasteiger partial charge in [0.2, 0.25) is 0 Å². The number of fused-ring (bicyclic) bond motifs is 1. The molecule has 0 spiro atoms. The number of nitrogens with zero attached hydrogens (tertiary/aromatic N) is 1. The zero-order valence-corrected chi connectivity index (χ0v) is 13.3. The number of methoxy groups -OCH3 is 1. The fraction of sp³-hybridized carbons (Fsp3) is 0.167. The lowest BCUT2D eigenvalue weighted by Gasteiger charge is -2.08. The van der Waals surface area contributed by atoms with Gasteiger partial charge in [-0.1, -0.05) is 18.2 Å². The number of rotatable bonds is 4. The van der Waals surface area contributed by atoms with Crippen LogP contribution in [0.2, 0.25) is 0 Å². The molecule has 0 aliphatic carbocycles. The highest BCUT2D eigenvalue weighted by Crippen LogP contribution is 2.19. The van der Waals surface area contributed by atoms with Gasteiger partial charge in [-0.3, -0.25) is 4.79 Å². The topological polar surface area (TPSA) is 81.3 Å². The van der Waals surface area contributed by atoms with Crippen LogP contribution in [0.25, 0.3) is 10.9 Å². The van der Waals surface area contributed by atoms with Crippen molar-refractivity contribution in [2.45, 2.75) is 13.5 Å². The Morgan fingerprint density at radius 2 is 2.00 bits per heavy atom. The highest BCUT2D eigenvalue weighted by Gasteiger charge is 2.11. The minimum Gasteiger partial charge on any atom is -0.496 e. The van der Waals surface area contributed by atoms with Gasteiger partial charge in [0.15, 0.2) is 0 Å². The first-order valence-corrected chi connectivity index (χ1v) is 7.38. The lowest BCUT2D eigenvalue weighted by molar-refractivity contribution is 0.0462. The van der Waals surface area contributed by atoms with Crippen LogP contribution in [0, 0.1) is 6.92 Å². The number of nitrogens with one attached hydrogen (secondary N) is 1. The van der Waals surface area contributed by atoms with Crippen molar-refractivity contribution in [3.05, 3.63) is 69.8 Å². The second-order valence-corrected chi connectivity index (χ2v) is 5.29. The number of hydrogen-bond acceptors (Lipinski definition) is 5. The number of carbonyl (C=O) groups is 1. The molecule has 3 aromatic rings. The first-order chi connectivity index (χ1) is 11.6. The third-order valence-corrected chi connectivity index (χ3v) is 3.65. The lowest BCUT2D eigenvalue weighted by Crippen LogP contribution is -2.14. The maximum Gasteiger partial charge on any atom is 0.338 e. The number of hydrogen-bond donors (Lipinski definition) is 1. The predicted octanol–water partition coefficient (Wildman–Crippen LogP) is 2.60. The quantitative estimate of drug-likeness (QED) is 0.746. The first kappa shape index (κ1) is 15.7. The fourth-order valence-corrected chi connectivity index (χ4v) is 2.37. The summed E-state index contributed by atoms with van der Waals surface area (Å²) in [6.45, 7) is 1.77. The van der Waals surface area contributed by atoms with Gasteiger partial charge >= 0.3 is 5.97 Å². The highest BCUT2D eigenvalue weighted by atomic mass is 16.5. The SMILES string of the molecule is COc1cc(C(=O)OCc2nc3ccccc3c(=O)[nH]2)ccc1C. The number of ether oxygens (including phenoxy) is 2. The largest absolute Gasteiger partial charge is 0.496 e. The predicted molar refractivity (Wildman–Crippen MR) is 89.2 cm³/mol. The van der Waals surface area contributed by atoms with Gasteiger partial charge in [-0.15, -0.1) is 0 Å². The standard InChI is InChI=1S/C18H16N2O4/c1-11-7-8-12(9-15(11)23-2)18(22)24-10-16-19-14-6-4-3-5-13(14)17(21)20-16/h3-9H,10H2,1-2H3,(H,19,20,21). The smallest absolute Gasteiger partial charge is 0.338 e. The Morgan fingerprint density at radius 3 is 2.79 bits per heavy atom. The molecule has 0 bridgehead atoms. The van der Waals surface area contributed by atoms with E-state index >= 15 is 0 Å². The van der Waals surface area contributed by atoms with E-state index in [9.17, 15) is 9.59 Å². The third kappa shape index (κ3) is 3.12. The van der Waals surface area contributed by atoms with E-state index in [0.717, 1.165) is 5.56 Å². The summed E-state index contributed by atoms with van der Waals surface area (Å²) in [7, 11) is 1.54. The molecule has 0 radical (unpaired) electrons. The van der Waals surface area contributed by atoms with E-state index < -0.39 is 5.97 Å². The maximum atomic E-state index is 12.1. The molecule has 1 N–H and O–H groups in total. The van der Waals surface area contributed by atoms with E-state index in [1.54, 1.807) is 49.6 Å². The van der Waals surface area contributed by atoms with Gasteiger partial charge in [0, 0.05) is 0 Å². The number of esters is 1. The Kier molecular flexibility index (Phi) is 4.29. The Hall–Kier alpha value is -3.15. The van der Waals surface area contributed by atoms with Gasteiger partial charge < -0.3 is 14.5 Å². The van der Waals surface area contributed by atoms with Crippen molar-refractivity contribution in [2.24, 2.45) is 0 Å². The Balaban J connectivity index is 1.78. The average molecular weight is 324 g/mol. The molecule has 0 saturated heterocycles. The second kappa shape index (κ2) is 6.54. The monoisotopic (exact) mass is 324 g/mol. The summed E-state index contributed by atoms with van der Waals surface area (Å²) in [6, 6.07) is 12.1. The molecule has 0 aliphatic heterocycles. The summed E-state index contributed by atoms with van der Waals surface area (Å²) in [4.78, 5) is 31.0. The highest BCUT2D eigenvalue weighted by molar-refractivity contribution is 5.90. The van der Waals surface area contributed by atoms with Crippen molar-refractivity contribution in [1.82, 2.24) is 9.97 Å². The molecule has 0 amide bonds. The van der Waals surface area contributed by atoms with Crippen molar-refractivity contribution in [3.63, 3.8) is 0 Å². The third-order valence-electron chi connectivity index (χ3n) is 3.65. The molecule has 0 unspecified atom stereocenters. The second-order valence-electron chi connectivity index (χ2n) is 5.29. The van der Waals surface area contributed by atoms with Gasteiger partial charge in [0.25, 0.3) is 5.56 Å². The number of aromatic nitrogens is 2. The first-order valence-electron chi connectivity index (χ1n) is 7.38. The van der Waals surface area contributed by atoms with E-state index in [0.29, 0.717) is 28.0 Å². The molecule has 0 saturated carbocycles. The van der Waals surface area contributed by atoms with Crippen molar-refractivity contribution < 1.29 is 14.3 Å². The van der Waals surface area contributed by atoms with Crippen LogP contribution in [-0.2, 0) is 11.3 Å². The van der Waals surface area contributed by atoms with Crippen molar-refractivity contribution in [1.29, 1.82) is 0 Å². The molecular weight excluding hydrogens is 308 g/mol. The molecule has 6 nitrogen and oxygen atoms in total. The Morgan fingerprint density at radius 1 is 1.21 bits per heavy atom. The van der Waals surface area contributed by atoms with Crippen LogP contribution in [0.3, 0.4) is 0 Å². The van der Waals surface area contributed by atoms with Crippen molar-refractivity contribution in [3.8, 4) is 5.75 Å². The molecule has 24 heavy (non-hydrogen) atoms. The van der Waals surface area contributed by atoms with Crippen LogP contribution >= 0.6 is 0 Å². The number of H-pyrrole nitrogens is 1. The molecule has 0 aliphatic rings. The van der Waals surface area contributed by atoms with Crippen LogP contribution in [0.4, 0.5) is 0 Å². The summed E-state index contributed by atoms with van der Waals surface area (Å²) >= 11 is 0. The molecule has 1 heterocycles. The summed E-state index contributed by atoms with van der Waals surface area (Å²) in [5.74, 6) is 0.400. The van der Waals surface area contributed by atoms with Gasteiger partial charge in [-0.25, -0.2) is 9.78 Å². The molecule has 1 aromatic heterocycles. The zero-order chi connectivity index (χ0) is 17.1. The van der Waals surface area contributed by atoms with E-state index in [-0.39, 0.29) is 12.2 Å². The van der Waals surface area contributed by atoms with Gasteiger partial charge in [-0.05, 0) is 36.8 Å². The number of carbonyl (C=O) groups excluding carboxylic acids is 1. The average Bonchev–Trinajstić information content (AvgIpc) is 2.60. The molecular formula is C18H16N2O4. The van der Waals surface area contributed by atoms with E-state index in [2.05, 4.69) is 9.97 Å². The van der Waals surface area contributed by atoms with Crippen LogP contribution in [0.1, 0.15) is 21.7 Å². The van der Waals surface area contributed by atoms with Crippen LogP contribution in [-0.4, -0.2) is 23.0 Å². The van der Waals surface area contributed by atoms with Crippen LogP contribution < -0.4 is 10.3 Å². The molecule has 122 valence electrons. The van der Waals surface area contributed by atoms with Crippen LogP contribution in [0.15, 0.2) is 47.3 Å². The zero-order valence-electron chi connectivity index (χ0n) is 13.3. The summed E-state index contributed by atoms with van der Waals surface area (Å²) < 4.78 is 10.4. The number of aryl methyl sites for hydroxylation is 1. The van der Waals surface area contributed by atoms with Gasteiger partial charge in [-0.2, -0.15) is 0 Å². The number of para-hydroxylation sites is 1. The van der Waals surface area contributed by atoms with E-state index in [4.69, 9.17) is 9.47 Å². The van der Waals surface area contributed by atoms with Gasteiger partial charge in [0.05, 0.1) is 23.6 Å². The summed E-state index contributed by atoms with van der Waals surface area (Å²) in [5, 5.41) is 0.496. The number of benzene rings is 2. The van der Waals surface area contributed by atoms with Crippen LogP contribution in [0.5, 0.6) is 5.75 Å². The molecule has 3 rings (SSSR count).